The van der Waals surface area contributed by atoms with Crippen LogP contribution < -0.4 is 5.69 Å². The summed E-state index contributed by atoms with van der Waals surface area (Å²) in [5.74, 6) is 0. The number of hydrogen-bond acceptors (Lipinski definition) is 6. The van der Waals surface area contributed by atoms with Gasteiger partial charge in [0.2, 0.25) is 5.28 Å². The van der Waals surface area contributed by atoms with Gasteiger partial charge in [-0.05, 0) is 29.8 Å². The second kappa shape index (κ2) is 5.25. The quantitative estimate of drug-likeness (QED) is 0.558. The summed E-state index contributed by atoms with van der Waals surface area (Å²) in [5.41, 5.74) is 0.903. The first-order chi connectivity index (χ1) is 9.69. The molecular formula is C10H10ClN7OS. The van der Waals surface area contributed by atoms with E-state index in [9.17, 15) is 4.79 Å². The maximum atomic E-state index is 11.7. The Balaban J connectivity index is 2.05. The van der Waals surface area contributed by atoms with Crippen molar-refractivity contribution in [3.63, 3.8) is 0 Å². The molecule has 20 heavy (non-hydrogen) atoms. The van der Waals surface area contributed by atoms with E-state index >= 15 is 0 Å². The average Bonchev–Trinajstić information content (AvgIpc) is 3.00. The molecule has 0 saturated carbocycles. The molecule has 3 aromatic rings. The lowest BCUT2D eigenvalue weighted by Crippen LogP contribution is -2.17. The van der Waals surface area contributed by atoms with Gasteiger partial charge in [0.05, 0.1) is 6.33 Å². The molecule has 0 fully saturated rings. The molecule has 0 saturated heterocycles. The van der Waals surface area contributed by atoms with E-state index in [0.29, 0.717) is 27.9 Å². The Morgan fingerprint density at radius 1 is 1.45 bits per heavy atom. The molecule has 104 valence electrons. The SMILES string of the molecule is CCCn1c(Sc2nc(Cl)nc3nc[nH]c23)n[nH]c1=O. The van der Waals surface area contributed by atoms with Gasteiger partial charge in [0, 0.05) is 6.54 Å². The van der Waals surface area contributed by atoms with Crippen LogP contribution in [-0.2, 0) is 6.54 Å². The van der Waals surface area contributed by atoms with Gasteiger partial charge in [0.25, 0.3) is 0 Å². The molecule has 0 radical (unpaired) electrons. The smallest absolute Gasteiger partial charge is 0.341 e. The van der Waals surface area contributed by atoms with Crippen molar-refractivity contribution in [3.05, 3.63) is 22.1 Å². The van der Waals surface area contributed by atoms with Crippen molar-refractivity contribution in [1.29, 1.82) is 0 Å². The zero-order valence-electron chi connectivity index (χ0n) is 10.4. The van der Waals surface area contributed by atoms with E-state index in [1.165, 1.54) is 18.1 Å². The summed E-state index contributed by atoms with van der Waals surface area (Å²) in [6.07, 6.45) is 2.35. The number of halogens is 1. The molecule has 0 aromatic carbocycles. The van der Waals surface area contributed by atoms with Crippen molar-refractivity contribution >= 4 is 34.5 Å². The number of H-pyrrole nitrogens is 2. The first kappa shape index (κ1) is 13.1. The molecule has 10 heteroatoms. The minimum absolute atomic E-state index is 0.104. The van der Waals surface area contributed by atoms with Gasteiger partial charge in [0.15, 0.2) is 10.8 Å². The Bertz CT molecular complexity index is 807. The lowest BCUT2D eigenvalue weighted by Gasteiger charge is -2.03. The van der Waals surface area contributed by atoms with Gasteiger partial charge < -0.3 is 4.98 Å². The van der Waals surface area contributed by atoms with Crippen LogP contribution in [0.5, 0.6) is 0 Å². The number of nitrogens with zero attached hydrogens (tertiary/aromatic N) is 5. The van der Waals surface area contributed by atoms with Gasteiger partial charge in [-0.15, -0.1) is 5.10 Å². The molecular weight excluding hydrogens is 302 g/mol. The molecule has 0 aliphatic rings. The Labute approximate surface area is 122 Å². The summed E-state index contributed by atoms with van der Waals surface area (Å²) in [5, 5.41) is 7.65. The number of aromatic nitrogens is 7. The monoisotopic (exact) mass is 311 g/mol. The Morgan fingerprint density at radius 2 is 2.30 bits per heavy atom. The number of imidazole rings is 1. The van der Waals surface area contributed by atoms with Crippen molar-refractivity contribution in [2.45, 2.75) is 30.1 Å². The predicted octanol–water partition coefficient (Wildman–Crippen LogP) is 1.45. The number of nitrogens with one attached hydrogen (secondary N) is 2. The number of aromatic amines is 2. The minimum atomic E-state index is -0.240. The van der Waals surface area contributed by atoms with E-state index in [1.807, 2.05) is 6.92 Å². The molecule has 0 amide bonds. The fraction of sp³-hybridized carbons (Fsp3) is 0.300. The fourth-order valence-electron chi connectivity index (χ4n) is 1.74. The molecule has 0 bridgehead atoms. The molecule has 0 aliphatic carbocycles. The van der Waals surface area contributed by atoms with Crippen molar-refractivity contribution in [1.82, 2.24) is 34.7 Å². The van der Waals surface area contributed by atoms with Crippen LogP contribution in [0.15, 0.2) is 21.3 Å². The summed E-state index contributed by atoms with van der Waals surface area (Å²) < 4.78 is 1.56. The zero-order valence-corrected chi connectivity index (χ0v) is 12.0. The number of hydrogen-bond donors (Lipinski definition) is 2. The number of rotatable bonds is 4. The predicted molar refractivity (Wildman–Crippen MR) is 74.0 cm³/mol. The normalized spacial score (nSPS) is 11.3. The highest BCUT2D eigenvalue weighted by Crippen LogP contribution is 2.29. The van der Waals surface area contributed by atoms with Crippen LogP contribution in [0, 0.1) is 0 Å². The lowest BCUT2D eigenvalue weighted by molar-refractivity contribution is 0.603. The van der Waals surface area contributed by atoms with Crippen LogP contribution >= 0.6 is 23.4 Å². The third kappa shape index (κ3) is 2.29. The van der Waals surface area contributed by atoms with E-state index < -0.39 is 0 Å². The highest BCUT2D eigenvalue weighted by Gasteiger charge is 2.15. The highest BCUT2D eigenvalue weighted by molar-refractivity contribution is 7.99. The maximum Gasteiger partial charge on any atom is 0.343 e. The first-order valence-corrected chi connectivity index (χ1v) is 7.08. The van der Waals surface area contributed by atoms with Crippen molar-refractivity contribution in [3.8, 4) is 0 Å². The standard InChI is InChI=1S/C10H10ClN7OS/c1-2-3-18-9(19)16-17-10(18)20-7-5-6(13-4-12-5)14-8(11)15-7/h4H,2-3H2,1H3,(H,16,19)(H,12,13,14,15). The Kier molecular flexibility index (Phi) is 3.45. The van der Waals surface area contributed by atoms with Gasteiger partial charge >= 0.3 is 5.69 Å². The third-order valence-electron chi connectivity index (χ3n) is 2.58. The topological polar surface area (TPSA) is 105 Å². The second-order valence-corrected chi connectivity index (χ2v) is 5.26. The summed E-state index contributed by atoms with van der Waals surface area (Å²) in [7, 11) is 0. The van der Waals surface area contributed by atoms with Crippen LogP contribution in [0.3, 0.4) is 0 Å². The van der Waals surface area contributed by atoms with Gasteiger partial charge in [-0.25, -0.2) is 19.9 Å². The first-order valence-electron chi connectivity index (χ1n) is 5.88. The van der Waals surface area contributed by atoms with Gasteiger partial charge in [0.1, 0.15) is 10.5 Å². The van der Waals surface area contributed by atoms with Gasteiger partial charge in [-0.3, -0.25) is 4.57 Å². The maximum absolute atomic E-state index is 11.7. The highest BCUT2D eigenvalue weighted by atomic mass is 35.5. The van der Waals surface area contributed by atoms with Crippen LogP contribution in [0.1, 0.15) is 13.3 Å². The lowest BCUT2D eigenvalue weighted by atomic mass is 10.5. The molecule has 0 spiro atoms. The van der Waals surface area contributed by atoms with Crippen LogP contribution in [0.4, 0.5) is 0 Å². The molecule has 2 N–H and O–H groups in total. The molecule has 3 rings (SSSR count). The summed E-state index contributed by atoms with van der Waals surface area (Å²) in [6.45, 7) is 2.57. The van der Waals surface area contributed by atoms with Crippen LogP contribution in [0.25, 0.3) is 11.2 Å². The van der Waals surface area contributed by atoms with Gasteiger partial charge in [-0.1, -0.05) is 6.92 Å². The van der Waals surface area contributed by atoms with Crippen LogP contribution in [0.2, 0.25) is 5.28 Å². The number of fused-ring (bicyclic) bond motifs is 1. The molecule has 8 nitrogen and oxygen atoms in total. The van der Waals surface area contributed by atoms with Crippen molar-refractivity contribution in [2.75, 3.05) is 0 Å². The third-order valence-corrected chi connectivity index (χ3v) is 3.74. The molecule has 3 aromatic heterocycles. The van der Waals surface area contributed by atoms with E-state index in [1.54, 1.807) is 4.57 Å². The van der Waals surface area contributed by atoms with Crippen molar-refractivity contribution in [2.24, 2.45) is 0 Å². The summed E-state index contributed by atoms with van der Waals surface area (Å²) >= 11 is 7.10. The average molecular weight is 312 g/mol. The molecule has 0 atom stereocenters. The summed E-state index contributed by atoms with van der Waals surface area (Å²) in [4.78, 5) is 26.8. The van der Waals surface area contributed by atoms with E-state index in [2.05, 4.69) is 30.1 Å². The zero-order chi connectivity index (χ0) is 14.1. The Morgan fingerprint density at radius 3 is 3.10 bits per heavy atom. The minimum Gasteiger partial charge on any atom is -0.341 e. The molecule has 0 unspecified atom stereocenters. The van der Waals surface area contributed by atoms with Crippen LogP contribution in [-0.4, -0.2) is 34.7 Å². The van der Waals surface area contributed by atoms with E-state index in [4.69, 9.17) is 11.6 Å². The largest absolute Gasteiger partial charge is 0.343 e. The molecule has 0 aliphatic heterocycles. The van der Waals surface area contributed by atoms with E-state index in [-0.39, 0.29) is 11.0 Å². The fourth-order valence-corrected chi connectivity index (χ4v) is 2.89. The van der Waals surface area contributed by atoms with Gasteiger partial charge in [-0.2, -0.15) is 4.98 Å². The summed E-state index contributed by atoms with van der Waals surface area (Å²) in [6, 6.07) is 0. The molecule has 3 heterocycles. The second-order valence-electron chi connectivity index (χ2n) is 3.96. The Hall–Kier alpha value is -1.87. The van der Waals surface area contributed by atoms with E-state index in [0.717, 1.165) is 6.42 Å². The van der Waals surface area contributed by atoms with Crippen molar-refractivity contribution < 1.29 is 0 Å².